The van der Waals surface area contributed by atoms with E-state index in [1.54, 1.807) is 36.4 Å². The zero-order valence-electron chi connectivity index (χ0n) is 43.5. The van der Waals surface area contributed by atoms with Crippen molar-refractivity contribution >= 4 is 34.0 Å². The van der Waals surface area contributed by atoms with E-state index in [1.807, 2.05) is 66.7 Å². The number of hydrogen-bond donors (Lipinski definition) is 0. The molecule has 0 saturated heterocycles. The zero-order valence-corrected chi connectivity index (χ0v) is 43.5. The number of carbonyl (C=O) groups excluding carboxylic acids is 2. The number of hydrogen-bond acceptors (Lipinski definition) is 9. The van der Waals surface area contributed by atoms with Crippen LogP contribution in [0.25, 0.3) is 45.1 Å². The molecule has 3 aromatic heterocycles. The van der Waals surface area contributed by atoms with Crippen molar-refractivity contribution in [3.05, 3.63) is 114 Å². The van der Waals surface area contributed by atoms with Gasteiger partial charge in [-0.25, -0.2) is 24.5 Å². The van der Waals surface area contributed by atoms with Crippen LogP contribution >= 0.6 is 0 Å². The molecule has 0 spiro atoms. The van der Waals surface area contributed by atoms with Crippen molar-refractivity contribution in [3.63, 3.8) is 0 Å². The highest BCUT2D eigenvalue weighted by Gasteiger charge is 2.20. The molecule has 382 valence electrons. The van der Waals surface area contributed by atoms with Crippen molar-refractivity contribution in [1.82, 2.24) is 24.1 Å². The van der Waals surface area contributed by atoms with Crippen LogP contribution in [0.15, 0.2) is 103 Å². The summed E-state index contributed by atoms with van der Waals surface area (Å²) < 4.78 is 27.8. The zero-order chi connectivity index (χ0) is 50.3. The fourth-order valence-corrected chi connectivity index (χ4v) is 9.31. The van der Waals surface area contributed by atoms with Gasteiger partial charge in [0.2, 0.25) is 0 Å². The Morgan fingerprint density at radius 2 is 0.750 bits per heavy atom. The van der Waals surface area contributed by atoms with Crippen molar-refractivity contribution in [1.29, 1.82) is 0 Å². The van der Waals surface area contributed by atoms with Gasteiger partial charge >= 0.3 is 11.9 Å². The largest absolute Gasteiger partial charge is 0.494 e. The predicted molar refractivity (Wildman–Crippen MR) is 291 cm³/mol. The molecule has 7 aromatic rings. The highest BCUT2D eigenvalue weighted by atomic mass is 16.5. The SMILES string of the molecule is CCCCCCCCCCCCOc1ccc(C(=O)Oc2ccc3nc(-c4cccc(-c5nc6ccc(OC(=O)c7ccc(OCCCCCCCCCCCC)cc7)cc6n5CC)n4)n(CC)c3c2)cc1. The topological polar surface area (TPSA) is 120 Å². The second-order valence-corrected chi connectivity index (χ2v) is 19.0. The Kier molecular flexibility index (Phi) is 21.1. The van der Waals surface area contributed by atoms with Gasteiger partial charge in [-0.1, -0.05) is 135 Å². The van der Waals surface area contributed by atoms with Gasteiger partial charge in [0.05, 0.1) is 46.4 Å². The van der Waals surface area contributed by atoms with Gasteiger partial charge in [0.15, 0.2) is 11.6 Å². The molecular formula is C61H77N5O6. The minimum Gasteiger partial charge on any atom is -0.494 e. The third-order valence-corrected chi connectivity index (χ3v) is 13.4. The first-order valence-electron chi connectivity index (χ1n) is 27.3. The Bertz CT molecular complexity index is 2570. The van der Waals surface area contributed by atoms with E-state index in [9.17, 15) is 9.59 Å². The Morgan fingerprint density at radius 3 is 1.11 bits per heavy atom. The molecule has 7 rings (SSSR count). The van der Waals surface area contributed by atoms with Crippen LogP contribution in [0.5, 0.6) is 23.0 Å². The predicted octanol–water partition coefficient (Wildman–Crippen LogP) is 16.2. The fourth-order valence-electron chi connectivity index (χ4n) is 9.31. The maximum Gasteiger partial charge on any atom is 0.343 e. The summed E-state index contributed by atoms with van der Waals surface area (Å²) in [5, 5.41) is 0. The van der Waals surface area contributed by atoms with Gasteiger partial charge < -0.3 is 28.1 Å². The van der Waals surface area contributed by atoms with Crippen molar-refractivity contribution in [2.24, 2.45) is 0 Å². The number of unbranched alkanes of at least 4 members (excludes halogenated alkanes) is 18. The summed E-state index contributed by atoms with van der Waals surface area (Å²) in [4.78, 5) is 41.6. The minimum atomic E-state index is -0.443. The Hall–Kier alpha value is -6.49. The Labute approximate surface area is 427 Å². The number of aromatic nitrogens is 5. The van der Waals surface area contributed by atoms with Crippen LogP contribution in [0.2, 0.25) is 0 Å². The molecule has 0 radical (unpaired) electrons. The molecule has 11 heteroatoms. The number of esters is 2. The van der Waals surface area contributed by atoms with Crippen LogP contribution in [0.4, 0.5) is 0 Å². The quantitative estimate of drug-likeness (QED) is 0.0231. The number of fused-ring (bicyclic) bond motifs is 2. The highest BCUT2D eigenvalue weighted by molar-refractivity contribution is 5.93. The van der Waals surface area contributed by atoms with E-state index in [0.717, 1.165) is 46.4 Å². The van der Waals surface area contributed by atoms with Gasteiger partial charge in [0.25, 0.3) is 0 Å². The normalized spacial score (nSPS) is 11.4. The molecule has 0 bridgehead atoms. The molecule has 11 nitrogen and oxygen atoms in total. The number of benzene rings is 4. The lowest BCUT2D eigenvalue weighted by Crippen LogP contribution is -2.08. The Balaban J connectivity index is 0.924. The first-order chi connectivity index (χ1) is 35.4. The summed E-state index contributed by atoms with van der Waals surface area (Å²) in [6.45, 7) is 11.2. The first kappa shape index (κ1) is 53.3. The average Bonchev–Trinajstić information content (AvgIpc) is 3.97. The number of nitrogens with zero attached hydrogens (tertiary/aromatic N) is 5. The number of ether oxygens (including phenoxy) is 4. The maximum absolute atomic E-state index is 13.3. The van der Waals surface area contributed by atoms with Crippen molar-refractivity contribution in [3.8, 4) is 46.0 Å². The van der Waals surface area contributed by atoms with Crippen LogP contribution < -0.4 is 18.9 Å². The van der Waals surface area contributed by atoms with Crippen LogP contribution in [-0.2, 0) is 13.1 Å². The fraction of sp³-hybridized carbons (Fsp3) is 0.459. The molecule has 0 saturated carbocycles. The molecule has 0 N–H and O–H groups in total. The number of imidazole rings is 2. The second kappa shape index (κ2) is 28.5. The molecule has 72 heavy (non-hydrogen) atoms. The van der Waals surface area contributed by atoms with E-state index in [2.05, 4.69) is 36.8 Å². The van der Waals surface area contributed by atoms with E-state index in [1.165, 1.54) is 116 Å². The van der Waals surface area contributed by atoms with Crippen molar-refractivity contribution in [2.75, 3.05) is 13.2 Å². The number of rotatable bonds is 32. The van der Waals surface area contributed by atoms with E-state index >= 15 is 0 Å². The van der Waals surface area contributed by atoms with Gasteiger partial charge in [0, 0.05) is 25.2 Å². The lowest BCUT2D eigenvalue weighted by molar-refractivity contribution is 0.0725. The van der Waals surface area contributed by atoms with Gasteiger partial charge in [-0.3, -0.25) is 0 Å². The highest BCUT2D eigenvalue weighted by Crippen LogP contribution is 2.32. The monoisotopic (exact) mass is 976 g/mol. The molecule has 0 aliphatic rings. The van der Waals surface area contributed by atoms with E-state index in [4.69, 9.17) is 33.9 Å². The molecule has 0 aliphatic carbocycles. The third kappa shape index (κ3) is 15.3. The average molecular weight is 976 g/mol. The van der Waals surface area contributed by atoms with Crippen LogP contribution in [0.3, 0.4) is 0 Å². The summed E-state index contributed by atoms with van der Waals surface area (Å²) in [5.41, 5.74) is 5.43. The van der Waals surface area contributed by atoms with E-state index in [-0.39, 0.29) is 0 Å². The molecule has 0 aliphatic heterocycles. The van der Waals surface area contributed by atoms with E-state index < -0.39 is 11.9 Å². The summed E-state index contributed by atoms with van der Waals surface area (Å²) in [5.74, 6) is 2.84. The molecule has 0 unspecified atom stereocenters. The minimum absolute atomic E-state index is 0.427. The third-order valence-electron chi connectivity index (χ3n) is 13.4. The van der Waals surface area contributed by atoms with Gasteiger partial charge in [-0.2, -0.15) is 0 Å². The lowest BCUT2D eigenvalue weighted by Gasteiger charge is -2.10. The summed E-state index contributed by atoms with van der Waals surface area (Å²) >= 11 is 0. The van der Waals surface area contributed by atoms with Crippen LogP contribution in [0, 0.1) is 0 Å². The molecular weight excluding hydrogens is 899 g/mol. The van der Waals surface area contributed by atoms with Crippen LogP contribution in [0.1, 0.15) is 177 Å². The molecule has 0 atom stereocenters. The summed E-state index contributed by atoms with van der Waals surface area (Å²) in [6, 6.07) is 31.1. The maximum atomic E-state index is 13.3. The molecule has 0 amide bonds. The lowest BCUT2D eigenvalue weighted by atomic mass is 10.1. The first-order valence-corrected chi connectivity index (χ1v) is 27.3. The molecule has 3 heterocycles. The number of carbonyl (C=O) groups is 2. The molecule has 4 aromatic carbocycles. The van der Waals surface area contributed by atoms with E-state index in [0.29, 0.717) is 72.0 Å². The standard InChI is InChI=1S/C61H77N5O6/c1-5-9-11-13-15-17-19-21-23-25-42-69-48-34-30-46(31-35-48)60(67)71-50-38-40-52-56(44-50)65(7-3)58(63-52)54-28-27-29-55(62-54)59-64-53-41-39-51(45-57(53)66(59)8-4)72-61(68)47-32-36-49(37-33-47)70-43-26-24-22-20-18-16-14-12-10-6-2/h27-41,44-45H,5-26,42-43H2,1-4H3. The van der Waals surface area contributed by atoms with Crippen molar-refractivity contribution < 1.29 is 28.5 Å². The molecule has 0 fully saturated rings. The van der Waals surface area contributed by atoms with Gasteiger partial charge in [-0.15, -0.1) is 0 Å². The van der Waals surface area contributed by atoms with Gasteiger partial charge in [-0.05, 0) is 112 Å². The summed E-state index contributed by atoms with van der Waals surface area (Å²) in [7, 11) is 0. The smallest absolute Gasteiger partial charge is 0.343 e. The summed E-state index contributed by atoms with van der Waals surface area (Å²) in [6.07, 6.45) is 25.6. The number of aryl methyl sites for hydroxylation is 2. The number of pyridine rings is 1. The Morgan fingerprint density at radius 1 is 0.403 bits per heavy atom. The van der Waals surface area contributed by atoms with Gasteiger partial charge in [0.1, 0.15) is 34.4 Å². The second-order valence-electron chi connectivity index (χ2n) is 19.0. The van der Waals surface area contributed by atoms with Crippen LogP contribution in [-0.4, -0.2) is 49.2 Å². The van der Waals surface area contributed by atoms with Crippen molar-refractivity contribution in [2.45, 2.75) is 169 Å².